The number of rotatable bonds is 4. The highest BCUT2D eigenvalue weighted by Gasteiger charge is 2.42. The minimum Gasteiger partial charge on any atom is -0.394 e. The number of aliphatic hydroxyl groups excluding tert-OH is 2. The molecule has 0 amide bonds. The normalized spacial score (nSPS) is 36.0. The Hall–Kier alpha value is -0.160. The van der Waals surface area contributed by atoms with Crippen molar-refractivity contribution in [1.29, 1.82) is 0 Å². The molecular formula is C12H24O4. The summed E-state index contributed by atoms with van der Waals surface area (Å²) in [6.07, 6.45) is 1.32. The summed E-state index contributed by atoms with van der Waals surface area (Å²) in [6, 6.07) is 0. The van der Waals surface area contributed by atoms with Crippen molar-refractivity contribution in [1.82, 2.24) is 0 Å². The van der Waals surface area contributed by atoms with Crippen LogP contribution in [0.15, 0.2) is 0 Å². The van der Waals surface area contributed by atoms with Crippen LogP contribution < -0.4 is 0 Å². The predicted octanol–water partition coefficient (Wildman–Crippen LogP) is 0.891. The third-order valence-corrected chi connectivity index (χ3v) is 3.08. The summed E-state index contributed by atoms with van der Waals surface area (Å²) in [7, 11) is 0. The molecule has 1 fully saturated rings. The van der Waals surface area contributed by atoms with E-state index in [-0.39, 0.29) is 18.6 Å². The highest BCUT2D eigenvalue weighted by Crippen LogP contribution is 2.44. The van der Waals surface area contributed by atoms with Crippen molar-refractivity contribution in [2.24, 2.45) is 11.3 Å². The lowest BCUT2D eigenvalue weighted by Crippen LogP contribution is -2.45. The standard InChI is InChI=1S/C12H24O4/c1-9-4-11(2,3)8-12(15,5-9)16-7-10(14)6-13/h9-10,13-15H,4-8H2,1-3H3. The molecule has 0 heterocycles. The van der Waals surface area contributed by atoms with Crippen LogP contribution in [0.1, 0.15) is 40.0 Å². The molecule has 1 rings (SSSR count). The van der Waals surface area contributed by atoms with Crippen molar-refractivity contribution in [3.8, 4) is 0 Å². The molecule has 3 N–H and O–H groups in total. The first kappa shape index (κ1) is 13.9. The highest BCUT2D eigenvalue weighted by atomic mass is 16.6. The van der Waals surface area contributed by atoms with E-state index in [0.717, 1.165) is 6.42 Å². The largest absolute Gasteiger partial charge is 0.394 e. The van der Waals surface area contributed by atoms with Crippen LogP contribution in [0.5, 0.6) is 0 Å². The lowest BCUT2D eigenvalue weighted by Gasteiger charge is -2.44. The van der Waals surface area contributed by atoms with E-state index >= 15 is 0 Å². The monoisotopic (exact) mass is 232 g/mol. The molecule has 0 saturated heterocycles. The first-order valence-corrected chi connectivity index (χ1v) is 5.92. The van der Waals surface area contributed by atoms with Gasteiger partial charge in [0, 0.05) is 12.8 Å². The Bertz CT molecular complexity index is 229. The van der Waals surface area contributed by atoms with Gasteiger partial charge in [0.25, 0.3) is 0 Å². The molecule has 0 aromatic rings. The van der Waals surface area contributed by atoms with Crippen LogP contribution in [-0.4, -0.2) is 40.4 Å². The summed E-state index contributed by atoms with van der Waals surface area (Å²) in [4.78, 5) is 0. The fraction of sp³-hybridized carbons (Fsp3) is 1.00. The fourth-order valence-corrected chi connectivity index (χ4v) is 2.87. The molecule has 0 aromatic heterocycles. The van der Waals surface area contributed by atoms with Crippen LogP contribution in [0.2, 0.25) is 0 Å². The van der Waals surface area contributed by atoms with Gasteiger partial charge in [-0.25, -0.2) is 0 Å². The lowest BCUT2D eigenvalue weighted by molar-refractivity contribution is -0.255. The molecule has 1 saturated carbocycles. The smallest absolute Gasteiger partial charge is 0.166 e. The van der Waals surface area contributed by atoms with E-state index in [1.807, 2.05) is 0 Å². The zero-order valence-electron chi connectivity index (χ0n) is 10.4. The highest BCUT2D eigenvalue weighted by molar-refractivity contribution is 4.88. The van der Waals surface area contributed by atoms with Gasteiger partial charge in [-0.05, 0) is 17.8 Å². The van der Waals surface area contributed by atoms with Crippen LogP contribution in [0.4, 0.5) is 0 Å². The van der Waals surface area contributed by atoms with Crippen LogP contribution >= 0.6 is 0 Å². The van der Waals surface area contributed by atoms with E-state index < -0.39 is 11.9 Å². The first-order chi connectivity index (χ1) is 7.26. The van der Waals surface area contributed by atoms with E-state index in [0.29, 0.717) is 18.8 Å². The molecule has 1 aliphatic carbocycles. The molecule has 3 unspecified atom stereocenters. The lowest BCUT2D eigenvalue weighted by atomic mass is 9.70. The Kier molecular flexibility index (Phi) is 4.35. The zero-order valence-corrected chi connectivity index (χ0v) is 10.4. The fourth-order valence-electron chi connectivity index (χ4n) is 2.87. The van der Waals surface area contributed by atoms with E-state index in [2.05, 4.69) is 20.8 Å². The van der Waals surface area contributed by atoms with Crippen molar-refractivity contribution in [3.63, 3.8) is 0 Å². The third kappa shape index (κ3) is 4.01. The summed E-state index contributed by atoms with van der Waals surface area (Å²) in [6.45, 7) is 5.96. The predicted molar refractivity (Wildman–Crippen MR) is 60.8 cm³/mol. The second-order valence-electron chi connectivity index (χ2n) is 5.95. The Labute approximate surface area is 97.2 Å². The molecule has 0 bridgehead atoms. The molecule has 0 aliphatic heterocycles. The molecule has 4 nitrogen and oxygen atoms in total. The second kappa shape index (κ2) is 5.00. The number of aliphatic hydroxyl groups is 3. The van der Waals surface area contributed by atoms with Gasteiger partial charge >= 0.3 is 0 Å². The Morgan fingerprint density at radius 3 is 2.50 bits per heavy atom. The Balaban J connectivity index is 2.55. The molecule has 96 valence electrons. The second-order valence-corrected chi connectivity index (χ2v) is 5.95. The quantitative estimate of drug-likeness (QED) is 0.630. The van der Waals surface area contributed by atoms with Crippen LogP contribution in [0.3, 0.4) is 0 Å². The Morgan fingerprint density at radius 2 is 2.00 bits per heavy atom. The SMILES string of the molecule is CC1CC(C)(C)CC(O)(OCC(O)CO)C1. The molecule has 3 atom stereocenters. The van der Waals surface area contributed by atoms with E-state index in [4.69, 9.17) is 9.84 Å². The molecule has 16 heavy (non-hydrogen) atoms. The summed E-state index contributed by atoms with van der Waals surface area (Å²) < 4.78 is 5.37. The summed E-state index contributed by atoms with van der Waals surface area (Å²) in [5, 5.41) is 28.2. The van der Waals surface area contributed by atoms with Gasteiger partial charge in [-0.15, -0.1) is 0 Å². The number of hydrogen-bond acceptors (Lipinski definition) is 4. The van der Waals surface area contributed by atoms with Gasteiger partial charge in [-0.2, -0.15) is 0 Å². The van der Waals surface area contributed by atoms with Gasteiger partial charge in [0.15, 0.2) is 5.79 Å². The van der Waals surface area contributed by atoms with Crippen molar-refractivity contribution in [2.45, 2.75) is 51.9 Å². The first-order valence-electron chi connectivity index (χ1n) is 5.92. The maximum absolute atomic E-state index is 10.3. The van der Waals surface area contributed by atoms with Gasteiger partial charge in [0.2, 0.25) is 0 Å². The van der Waals surface area contributed by atoms with Crippen molar-refractivity contribution in [3.05, 3.63) is 0 Å². The number of ether oxygens (including phenoxy) is 1. The zero-order chi connectivity index (χ0) is 12.4. The maximum Gasteiger partial charge on any atom is 0.166 e. The minimum absolute atomic E-state index is 0.0181. The van der Waals surface area contributed by atoms with Crippen molar-refractivity contribution >= 4 is 0 Å². The van der Waals surface area contributed by atoms with Crippen molar-refractivity contribution < 1.29 is 20.1 Å². The molecule has 0 radical (unpaired) electrons. The molecule has 4 heteroatoms. The molecule has 1 aliphatic rings. The topological polar surface area (TPSA) is 69.9 Å². The van der Waals surface area contributed by atoms with Gasteiger partial charge in [-0.1, -0.05) is 20.8 Å². The van der Waals surface area contributed by atoms with E-state index in [9.17, 15) is 10.2 Å². The minimum atomic E-state index is -1.16. The van der Waals surface area contributed by atoms with E-state index in [1.165, 1.54) is 0 Å². The van der Waals surface area contributed by atoms with Gasteiger partial charge in [-0.3, -0.25) is 0 Å². The maximum atomic E-state index is 10.3. The van der Waals surface area contributed by atoms with Gasteiger partial charge in [0.05, 0.1) is 13.2 Å². The molecular weight excluding hydrogens is 208 g/mol. The van der Waals surface area contributed by atoms with Crippen LogP contribution in [-0.2, 0) is 4.74 Å². The van der Waals surface area contributed by atoms with Crippen LogP contribution in [0, 0.1) is 11.3 Å². The summed E-state index contributed by atoms with van der Waals surface area (Å²) in [5.41, 5.74) is 0.0522. The molecule has 0 aromatic carbocycles. The Morgan fingerprint density at radius 1 is 1.38 bits per heavy atom. The van der Waals surface area contributed by atoms with Gasteiger partial charge in [0.1, 0.15) is 6.10 Å². The van der Waals surface area contributed by atoms with Gasteiger partial charge < -0.3 is 20.1 Å². The van der Waals surface area contributed by atoms with Crippen molar-refractivity contribution in [2.75, 3.05) is 13.2 Å². The average Bonchev–Trinajstić information content (AvgIpc) is 2.10. The summed E-state index contributed by atoms with van der Waals surface area (Å²) >= 11 is 0. The van der Waals surface area contributed by atoms with Crippen LogP contribution in [0.25, 0.3) is 0 Å². The average molecular weight is 232 g/mol. The number of hydrogen-bond donors (Lipinski definition) is 3. The van der Waals surface area contributed by atoms with E-state index in [1.54, 1.807) is 0 Å². The third-order valence-electron chi connectivity index (χ3n) is 3.08. The summed E-state index contributed by atoms with van der Waals surface area (Å²) in [5.74, 6) is -0.753. The molecule has 0 spiro atoms.